The number of hydrogen-bond acceptors (Lipinski definition) is 5. The van der Waals surface area contributed by atoms with E-state index in [1.165, 1.54) is 21.9 Å². The zero-order chi connectivity index (χ0) is 15.9. The van der Waals surface area contributed by atoms with Crippen molar-refractivity contribution in [1.29, 1.82) is 0 Å². The van der Waals surface area contributed by atoms with Gasteiger partial charge in [-0.2, -0.15) is 11.8 Å². The van der Waals surface area contributed by atoms with Crippen molar-refractivity contribution in [3.8, 4) is 0 Å². The van der Waals surface area contributed by atoms with Gasteiger partial charge in [0.1, 0.15) is 5.56 Å². The van der Waals surface area contributed by atoms with Crippen LogP contribution in [0.3, 0.4) is 0 Å². The van der Waals surface area contributed by atoms with Crippen LogP contribution in [0.4, 0.5) is 0 Å². The fourth-order valence-electron chi connectivity index (χ4n) is 2.98. The molecule has 3 rings (SSSR count). The van der Waals surface area contributed by atoms with Crippen molar-refractivity contribution in [2.45, 2.75) is 37.5 Å². The Hall–Kier alpha value is -1.34. The quantitative estimate of drug-likeness (QED) is 0.863. The van der Waals surface area contributed by atoms with E-state index in [2.05, 4.69) is 11.2 Å². The minimum atomic E-state index is -0.273. The Morgan fingerprint density at radius 3 is 2.95 bits per heavy atom. The topological polar surface area (TPSA) is 54.7 Å². The largest absolute Gasteiger partial charge is 0.338 e. The van der Waals surface area contributed by atoms with Gasteiger partial charge in [-0.15, -0.1) is 11.3 Å². The number of fused-ring (bicyclic) bond motifs is 1. The van der Waals surface area contributed by atoms with Gasteiger partial charge < -0.3 is 4.90 Å². The normalized spacial score (nSPS) is 21.4. The van der Waals surface area contributed by atoms with Gasteiger partial charge in [0.15, 0.2) is 4.96 Å². The van der Waals surface area contributed by atoms with Crippen molar-refractivity contribution < 1.29 is 4.79 Å². The van der Waals surface area contributed by atoms with E-state index in [-0.39, 0.29) is 23.1 Å². The second-order valence-corrected chi connectivity index (χ2v) is 8.06. The Morgan fingerprint density at radius 1 is 1.50 bits per heavy atom. The summed E-state index contributed by atoms with van der Waals surface area (Å²) in [5.74, 6) is -0.220. The number of carbonyl (C=O) groups is 1. The Labute approximate surface area is 137 Å². The summed E-state index contributed by atoms with van der Waals surface area (Å²) in [5, 5.41) is 0.612. The van der Waals surface area contributed by atoms with Crippen LogP contribution in [0, 0.1) is 6.92 Å². The molecule has 0 N–H and O–H groups in total. The zero-order valence-electron chi connectivity index (χ0n) is 12.9. The lowest BCUT2D eigenvalue weighted by atomic mass is 10.2. The smallest absolute Gasteiger partial charge is 0.271 e. The number of thioether (sulfide) groups is 1. The van der Waals surface area contributed by atoms with Crippen LogP contribution in [0.2, 0.25) is 0 Å². The van der Waals surface area contributed by atoms with Crippen molar-refractivity contribution in [1.82, 2.24) is 14.3 Å². The predicted octanol–water partition coefficient (Wildman–Crippen LogP) is 2.42. The summed E-state index contributed by atoms with van der Waals surface area (Å²) in [7, 11) is 1.79. The Bertz CT molecular complexity index is 768. The number of aromatic nitrogens is 2. The standard InChI is InChI=1S/C15H19N3O2S2/c1-9-8-18-14(20)12(7-16-15(18)22-9)13(19)17(2)10-4-5-11(6-10)21-3/h7-8,10-11H,4-6H2,1-3H3. The summed E-state index contributed by atoms with van der Waals surface area (Å²) in [5.41, 5.74) is -0.115. The molecule has 1 saturated carbocycles. The second kappa shape index (κ2) is 6.04. The van der Waals surface area contributed by atoms with Gasteiger partial charge in [-0.05, 0) is 32.4 Å². The molecule has 1 fully saturated rings. The van der Waals surface area contributed by atoms with E-state index in [4.69, 9.17) is 0 Å². The van der Waals surface area contributed by atoms with Crippen LogP contribution in [0.15, 0.2) is 17.2 Å². The monoisotopic (exact) mass is 337 g/mol. The third-order valence-electron chi connectivity index (χ3n) is 4.31. The number of amides is 1. The molecule has 0 bridgehead atoms. The lowest BCUT2D eigenvalue weighted by Gasteiger charge is -2.24. The third kappa shape index (κ3) is 2.67. The summed E-state index contributed by atoms with van der Waals surface area (Å²) < 4.78 is 1.47. The average Bonchev–Trinajstić information content (AvgIpc) is 3.12. The summed E-state index contributed by atoms with van der Waals surface area (Å²) in [4.78, 5) is 32.8. The predicted molar refractivity (Wildman–Crippen MR) is 91.1 cm³/mol. The van der Waals surface area contributed by atoms with E-state index in [9.17, 15) is 9.59 Å². The molecule has 2 unspecified atom stereocenters. The molecular weight excluding hydrogens is 318 g/mol. The van der Waals surface area contributed by atoms with Gasteiger partial charge in [0.25, 0.3) is 11.5 Å². The third-order valence-corrected chi connectivity index (χ3v) is 6.32. The van der Waals surface area contributed by atoms with Gasteiger partial charge in [-0.3, -0.25) is 14.0 Å². The summed E-state index contributed by atoms with van der Waals surface area (Å²) in [6, 6.07) is 0.217. The van der Waals surface area contributed by atoms with E-state index in [0.29, 0.717) is 10.2 Å². The SMILES string of the molecule is CSC1CCC(N(C)C(=O)c2cnc3sc(C)cn3c2=O)C1. The highest BCUT2D eigenvalue weighted by atomic mass is 32.2. The number of hydrogen-bond donors (Lipinski definition) is 0. The van der Waals surface area contributed by atoms with Crippen LogP contribution >= 0.6 is 23.1 Å². The first-order valence-corrected chi connectivity index (χ1v) is 9.39. The molecular formula is C15H19N3O2S2. The molecule has 1 aliphatic rings. The molecule has 22 heavy (non-hydrogen) atoms. The summed E-state index contributed by atoms with van der Waals surface area (Å²) >= 11 is 3.30. The van der Waals surface area contributed by atoms with E-state index in [0.717, 1.165) is 24.1 Å². The fraction of sp³-hybridized carbons (Fsp3) is 0.533. The van der Waals surface area contributed by atoms with Gasteiger partial charge in [-0.25, -0.2) is 4.98 Å². The van der Waals surface area contributed by atoms with Crippen LogP contribution in [-0.4, -0.2) is 44.8 Å². The first-order valence-electron chi connectivity index (χ1n) is 7.29. The van der Waals surface area contributed by atoms with E-state index < -0.39 is 0 Å². The van der Waals surface area contributed by atoms with Crippen LogP contribution in [0.5, 0.6) is 0 Å². The molecule has 0 radical (unpaired) electrons. The fourth-order valence-corrected chi connectivity index (χ4v) is 4.55. The highest BCUT2D eigenvalue weighted by Gasteiger charge is 2.31. The van der Waals surface area contributed by atoms with E-state index >= 15 is 0 Å². The van der Waals surface area contributed by atoms with E-state index in [1.807, 2.05) is 18.7 Å². The van der Waals surface area contributed by atoms with Gasteiger partial charge in [0, 0.05) is 35.6 Å². The Morgan fingerprint density at radius 2 is 2.27 bits per heavy atom. The van der Waals surface area contributed by atoms with Crippen LogP contribution in [0.25, 0.3) is 4.96 Å². The first-order chi connectivity index (χ1) is 10.5. The highest BCUT2D eigenvalue weighted by Crippen LogP contribution is 2.31. The Balaban J connectivity index is 1.89. The molecule has 0 aromatic carbocycles. The van der Waals surface area contributed by atoms with Crippen LogP contribution < -0.4 is 5.56 Å². The Kier molecular flexibility index (Phi) is 4.27. The van der Waals surface area contributed by atoms with Gasteiger partial charge in [0.2, 0.25) is 0 Å². The average molecular weight is 337 g/mol. The summed E-state index contributed by atoms with van der Waals surface area (Å²) in [6.45, 7) is 1.92. The van der Waals surface area contributed by atoms with Crippen LogP contribution in [0.1, 0.15) is 34.5 Å². The van der Waals surface area contributed by atoms with Crippen molar-refractivity contribution in [3.63, 3.8) is 0 Å². The second-order valence-electron chi connectivity index (χ2n) is 5.71. The molecule has 118 valence electrons. The zero-order valence-corrected chi connectivity index (χ0v) is 14.5. The number of aryl methyl sites for hydroxylation is 1. The minimum Gasteiger partial charge on any atom is -0.338 e. The van der Waals surface area contributed by atoms with Gasteiger partial charge in [0.05, 0.1) is 0 Å². The molecule has 0 spiro atoms. The maximum absolute atomic E-state index is 12.7. The number of carbonyl (C=O) groups excluding carboxylic acids is 1. The maximum Gasteiger partial charge on any atom is 0.271 e. The highest BCUT2D eigenvalue weighted by molar-refractivity contribution is 7.99. The molecule has 5 nitrogen and oxygen atoms in total. The maximum atomic E-state index is 12.7. The molecule has 2 aromatic rings. The molecule has 7 heteroatoms. The molecule has 0 saturated heterocycles. The van der Waals surface area contributed by atoms with Crippen LogP contribution in [-0.2, 0) is 0 Å². The molecule has 1 amide bonds. The molecule has 2 atom stereocenters. The number of rotatable bonds is 3. The molecule has 2 heterocycles. The first kappa shape index (κ1) is 15.6. The van der Waals surface area contributed by atoms with Crippen molar-refractivity contribution >= 4 is 34.0 Å². The lowest BCUT2D eigenvalue weighted by Crippen LogP contribution is -2.39. The molecule has 0 aliphatic heterocycles. The van der Waals surface area contributed by atoms with Crippen molar-refractivity contribution in [2.75, 3.05) is 13.3 Å². The van der Waals surface area contributed by atoms with Crippen molar-refractivity contribution in [2.24, 2.45) is 0 Å². The summed E-state index contributed by atoms with van der Waals surface area (Å²) in [6.07, 6.45) is 8.40. The molecule has 1 aliphatic carbocycles. The van der Waals surface area contributed by atoms with E-state index in [1.54, 1.807) is 18.1 Å². The lowest BCUT2D eigenvalue weighted by molar-refractivity contribution is 0.0733. The minimum absolute atomic E-state index is 0.158. The number of thiazole rings is 1. The number of nitrogens with zero attached hydrogens (tertiary/aromatic N) is 3. The van der Waals surface area contributed by atoms with Gasteiger partial charge in [-0.1, -0.05) is 0 Å². The van der Waals surface area contributed by atoms with Gasteiger partial charge >= 0.3 is 0 Å². The molecule has 2 aromatic heterocycles. The van der Waals surface area contributed by atoms with Crippen molar-refractivity contribution in [3.05, 3.63) is 33.2 Å².